The number of hydrogen-bond acceptors (Lipinski definition) is 6. The van der Waals surface area contributed by atoms with E-state index in [0.29, 0.717) is 16.0 Å². The minimum atomic E-state index is -0.123. The lowest BCUT2D eigenvalue weighted by atomic mass is 10.3. The van der Waals surface area contributed by atoms with Gasteiger partial charge in [-0.05, 0) is 44.0 Å². The van der Waals surface area contributed by atoms with Crippen molar-refractivity contribution in [1.82, 2.24) is 9.97 Å². The summed E-state index contributed by atoms with van der Waals surface area (Å²) in [5.74, 6) is 1.35. The lowest BCUT2D eigenvalue weighted by Crippen LogP contribution is -2.15. The summed E-state index contributed by atoms with van der Waals surface area (Å²) in [6.07, 6.45) is 2.72. The van der Waals surface area contributed by atoms with Crippen molar-refractivity contribution in [3.05, 3.63) is 39.2 Å². The van der Waals surface area contributed by atoms with Gasteiger partial charge in [0, 0.05) is 0 Å². The van der Waals surface area contributed by atoms with Crippen LogP contribution in [0.15, 0.2) is 38.6 Å². The second kappa shape index (κ2) is 6.72. The summed E-state index contributed by atoms with van der Waals surface area (Å²) in [6, 6.07) is 3.50. The zero-order valence-electron chi connectivity index (χ0n) is 10.7. The Hall–Kier alpha value is -1.87. The zero-order valence-corrected chi connectivity index (χ0v) is 13.9. The minimum absolute atomic E-state index is 0.123. The van der Waals surface area contributed by atoms with Crippen molar-refractivity contribution in [3.63, 3.8) is 0 Å². The zero-order chi connectivity index (χ0) is 15.4. The number of ether oxygens (including phenoxy) is 2. The van der Waals surface area contributed by atoms with Crippen molar-refractivity contribution in [1.29, 1.82) is 0 Å². The van der Waals surface area contributed by atoms with E-state index in [2.05, 4.69) is 47.0 Å². The third-order valence-corrected chi connectivity index (χ3v) is 3.66. The summed E-state index contributed by atoms with van der Waals surface area (Å²) >= 11 is 6.76. The van der Waals surface area contributed by atoms with Gasteiger partial charge in [0.25, 0.3) is 0 Å². The van der Waals surface area contributed by atoms with Gasteiger partial charge in [-0.25, -0.2) is 9.97 Å². The Morgan fingerprint density at radius 1 is 1.19 bits per heavy atom. The average Bonchev–Trinajstić information content (AvgIpc) is 2.50. The Bertz CT molecular complexity index is 677. The molecule has 0 bridgehead atoms. The number of nitrogens with zero attached hydrogens (tertiary/aromatic N) is 3. The first-order valence-corrected chi connectivity index (χ1v) is 7.14. The molecule has 0 saturated heterocycles. The van der Waals surface area contributed by atoms with Crippen molar-refractivity contribution in [3.8, 4) is 17.4 Å². The van der Waals surface area contributed by atoms with E-state index in [1.807, 2.05) is 0 Å². The first-order chi connectivity index (χ1) is 10.0. The van der Waals surface area contributed by atoms with E-state index in [0.717, 1.165) is 4.47 Å². The van der Waals surface area contributed by atoms with Gasteiger partial charge in [0.05, 0.1) is 28.4 Å². The van der Waals surface area contributed by atoms with Crippen molar-refractivity contribution in [2.24, 2.45) is 10.9 Å². The molecule has 0 aliphatic carbocycles. The van der Waals surface area contributed by atoms with E-state index in [-0.39, 0.29) is 17.4 Å². The number of aromatic nitrogens is 2. The van der Waals surface area contributed by atoms with Crippen LogP contribution in [-0.4, -0.2) is 28.1 Å². The molecule has 0 spiro atoms. The van der Waals surface area contributed by atoms with Crippen LogP contribution >= 0.6 is 31.9 Å². The van der Waals surface area contributed by atoms with Gasteiger partial charge >= 0.3 is 0 Å². The van der Waals surface area contributed by atoms with E-state index in [4.69, 9.17) is 20.4 Å². The topological polar surface area (TPSA) is 103 Å². The van der Waals surface area contributed by atoms with Crippen LogP contribution in [0.2, 0.25) is 0 Å². The fourth-order valence-corrected chi connectivity index (χ4v) is 2.30. The normalized spacial score (nSPS) is 11.3. The summed E-state index contributed by atoms with van der Waals surface area (Å²) in [6.45, 7) is 0. The number of hydrogen-bond donors (Lipinski definition) is 2. The highest BCUT2D eigenvalue weighted by atomic mass is 79.9. The van der Waals surface area contributed by atoms with E-state index in [1.165, 1.54) is 12.4 Å². The van der Waals surface area contributed by atoms with Crippen molar-refractivity contribution in [2.75, 3.05) is 7.11 Å². The summed E-state index contributed by atoms with van der Waals surface area (Å²) in [5.41, 5.74) is 5.65. The Morgan fingerprint density at radius 3 is 2.43 bits per heavy atom. The SMILES string of the molecule is COc1cc(Br)c(Oc2cnc(C(N)=NO)cn2)cc1Br. The number of amidine groups is 1. The number of rotatable bonds is 4. The lowest BCUT2D eigenvalue weighted by Gasteiger charge is -2.10. The third-order valence-electron chi connectivity index (χ3n) is 2.42. The number of nitrogens with two attached hydrogens (primary N) is 1. The molecule has 1 aromatic carbocycles. The van der Waals surface area contributed by atoms with E-state index in [9.17, 15) is 0 Å². The highest BCUT2D eigenvalue weighted by Gasteiger charge is 2.10. The number of benzene rings is 1. The summed E-state index contributed by atoms with van der Waals surface area (Å²) in [7, 11) is 1.57. The van der Waals surface area contributed by atoms with Crippen molar-refractivity contribution in [2.45, 2.75) is 0 Å². The first kappa shape index (κ1) is 15.5. The second-order valence-corrected chi connectivity index (χ2v) is 5.45. The first-order valence-electron chi connectivity index (χ1n) is 5.56. The number of halogens is 2. The molecule has 0 aliphatic heterocycles. The van der Waals surface area contributed by atoms with Gasteiger partial charge in [0.1, 0.15) is 17.2 Å². The molecule has 0 aliphatic rings. The second-order valence-electron chi connectivity index (χ2n) is 3.74. The van der Waals surface area contributed by atoms with Crippen LogP contribution in [0.3, 0.4) is 0 Å². The van der Waals surface area contributed by atoms with Crippen LogP contribution in [0, 0.1) is 0 Å². The minimum Gasteiger partial charge on any atom is -0.496 e. The van der Waals surface area contributed by atoms with Crippen LogP contribution in [0.1, 0.15) is 5.69 Å². The molecule has 3 N–H and O–H groups in total. The van der Waals surface area contributed by atoms with Crippen LogP contribution in [-0.2, 0) is 0 Å². The average molecular weight is 418 g/mol. The summed E-state index contributed by atoms with van der Waals surface area (Å²) in [4.78, 5) is 8.01. The number of methoxy groups -OCH3 is 1. The van der Waals surface area contributed by atoms with E-state index in [1.54, 1.807) is 19.2 Å². The Balaban J connectivity index is 2.24. The molecule has 21 heavy (non-hydrogen) atoms. The molecule has 0 saturated carbocycles. The Morgan fingerprint density at radius 2 is 1.86 bits per heavy atom. The highest BCUT2D eigenvalue weighted by molar-refractivity contribution is 9.11. The van der Waals surface area contributed by atoms with Crippen molar-refractivity contribution < 1.29 is 14.7 Å². The van der Waals surface area contributed by atoms with Crippen LogP contribution in [0.4, 0.5) is 0 Å². The smallest absolute Gasteiger partial charge is 0.237 e. The molecule has 110 valence electrons. The monoisotopic (exact) mass is 416 g/mol. The predicted octanol–water partition coefficient (Wildman–Crippen LogP) is 2.90. The highest BCUT2D eigenvalue weighted by Crippen LogP contribution is 2.37. The molecular formula is C12H10Br2N4O3. The van der Waals surface area contributed by atoms with Gasteiger partial charge in [0.2, 0.25) is 5.88 Å². The van der Waals surface area contributed by atoms with Gasteiger partial charge in [-0.3, -0.25) is 0 Å². The molecular weight excluding hydrogens is 408 g/mol. The summed E-state index contributed by atoms with van der Waals surface area (Å²) in [5, 5.41) is 11.4. The fourth-order valence-electron chi connectivity index (χ4n) is 1.41. The van der Waals surface area contributed by atoms with Gasteiger partial charge in [-0.1, -0.05) is 5.16 Å². The summed E-state index contributed by atoms with van der Waals surface area (Å²) < 4.78 is 12.2. The van der Waals surface area contributed by atoms with Crippen LogP contribution < -0.4 is 15.2 Å². The molecule has 7 nitrogen and oxygen atoms in total. The maximum Gasteiger partial charge on any atom is 0.237 e. The van der Waals surface area contributed by atoms with E-state index < -0.39 is 0 Å². The van der Waals surface area contributed by atoms with Crippen LogP contribution in [0.25, 0.3) is 0 Å². The van der Waals surface area contributed by atoms with E-state index >= 15 is 0 Å². The van der Waals surface area contributed by atoms with Gasteiger partial charge in [-0.2, -0.15) is 0 Å². The maximum atomic E-state index is 8.55. The molecule has 0 unspecified atom stereocenters. The molecule has 9 heteroatoms. The lowest BCUT2D eigenvalue weighted by molar-refractivity contribution is 0.318. The molecule has 0 atom stereocenters. The fraction of sp³-hybridized carbons (Fsp3) is 0.0833. The van der Waals surface area contributed by atoms with Gasteiger partial charge in [-0.15, -0.1) is 0 Å². The van der Waals surface area contributed by atoms with Gasteiger partial charge in [0.15, 0.2) is 5.84 Å². The van der Waals surface area contributed by atoms with Crippen molar-refractivity contribution >= 4 is 37.7 Å². The number of oxime groups is 1. The predicted molar refractivity (Wildman–Crippen MR) is 83.0 cm³/mol. The molecule has 0 fully saturated rings. The molecule has 0 amide bonds. The third kappa shape index (κ3) is 3.61. The standard InChI is InChI=1S/C12H10Br2N4O3/c1-20-9-2-7(14)10(3-6(9)13)21-11-5-16-8(4-17-11)12(15)18-19/h2-5,19H,1H3,(H2,15,18). The molecule has 2 aromatic rings. The molecule has 0 radical (unpaired) electrons. The maximum absolute atomic E-state index is 8.55. The molecule has 2 rings (SSSR count). The Kier molecular flexibility index (Phi) is 4.97. The molecule has 1 aromatic heterocycles. The van der Waals surface area contributed by atoms with Gasteiger partial charge < -0.3 is 20.4 Å². The Labute approximate surface area is 137 Å². The quantitative estimate of drug-likeness (QED) is 0.343. The largest absolute Gasteiger partial charge is 0.496 e. The van der Waals surface area contributed by atoms with Crippen LogP contribution in [0.5, 0.6) is 17.4 Å². The molecule has 1 heterocycles.